The van der Waals surface area contributed by atoms with Crippen LogP contribution in [0.25, 0.3) is 0 Å². The largest absolute Gasteiger partial charge is 0.496 e. The molecule has 20 heavy (non-hydrogen) atoms. The summed E-state index contributed by atoms with van der Waals surface area (Å²) in [6.45, 7) is 3.38. The van der Waals surface area contributed by atoms with Crippen LogP contribution in [0, 0.1) is 11.3 Å². The van der Waals surface area contributed by atoms with Crippen molar-refractivity contribution in [1.82, 2.24) is 10.2 Å². The van der Waals surface area contributed by atoms with Crippen LogP contribution in [-0.4, -0.2) is 49.9 Å². The van der Waals surface area contributed by atoms with E-state index in [4.69, 9.17) is 10.00 Å². The van der Waals surface area contributed by atoms with Crippen molar-refractivity contribution in [3.8, 4) is 11.8 Å². The number of nitrogens with zero attached hydrogens (tertiary/aromatic N) is 2. The highest BCUT2D eigenvalue weighted by atomic mass is 16.5. The fourth-order valence-corrected chi connectivity index (χ4v) is 2.19. The highest BCUT2D eigenvalue weighted by molar-refractivity contribution is 5.41. The van der Waals surface area contributed by atoms with Crippen molar-refractivity contribution in [3.63, 3.8) is 0 Å². The third-order valence-electron chi connectivity index (χ3n) is 2.89. The number of nitrogens with one attached hydrogen (secondary N) is 1. The van der Waals surface area contributed by atoms with Gasteiger partial charge in [-0.15, -0.1) is 0 Å². The molecule has 0 aliphatic rings. The van der Waals surface area contributed by atoms with Crippen LogP contribution in [0.4, 0.5) is 0 Å². The Morgan fingerprint density at radius 1 is 1.45 bits per heavy atom. The first-order valence-corrected chi connectivity index (χ1v) is 6.53. The molecule has 0 bridgehead atoms. The van der Waals surface area contributed by atoms with Crippen molar-refractivity contribution in [2.75, 3.05) is 34.3 Å². The molecular weight excluding hydrogens is 254 g/mol. The van der Waals surface area contributed by atoms with E-state index >= 15 is 0 Å². The second-order valence-corrected chi connectivity index (χ2v) is 5.48. The molecule has 0 aliphatic carbocycles. The van der Waals surface area contributed by atoms with E-state index in [1.54, 1.807) is 32.2 Å². The van der Waals surface area contributed by atoms with E-state index in [0.29, 0.717) is 25.2 Å². The summed E-state index contributed by atoms with van der Waals surface area (Å²) in [5.74, 6) is 0.740. The summed E-state index contributed by atoms with van der Waals surface area (Å²) in [5, 5.41) is 22.3. The number of aliphatic hydroxyl groups is 1. The van der Waals surface area contributed by atoms with E-state index < -0.39 is 5.60 Å². The summed E-state index contributed by atoms with van der Waals surface area (Å²) in [5.41, 5.74) is 0.707. The molecule has 5 nitrogen and oxygen atoms in total. The van der Waals surface area contributed by atoms with Crippen molar-refractivity contribution in [3.05, 3.63) is 29.3 Å². The van der Waals surface area contributed by atoms with E-state index in [1.807, 2.05) is 19.0 Å². The molecule has 0 amide bonds. The predicted octanol–water partition coefficient (Wildman–Crippen LogP) is 0.969. The molecule has 110 valence electrons. The summed E-state index contributed by atoms with van der Waals surface area (Å²) >= 11 is 0. The van der Waals surface area contributed by atoms with E-state index in [2.05, 4.69) is 11.4 Å². The predicted molar refractivity (Wildman–Crippen MR) is 78.6 cm³/mol. The molecule has 1 aromatic carbocycles. The lowest BCUT2D eigenvalue weighted by Gasteiger charge is -2.27. The number of rotatable bonds is 7. The lowest BCUT2D eigenvalue weighted by Crippen LogP contribution is -2.45. The molecule has 0 aromatic heterocycles. The molecule has 2 N–H and O–H groups in total. The average molecular weight is 277 g/mol. The summed E-state index contributed by atoms with van der Waals surface area (Å²) in [6.07, 6.45) is 0. The molecule has 1 aromatic rings. The number of ether oxygens (including phenoxy) is 1. The average Bonchev–Trinajstić information content (AvgIpc) is 2.36. The van der Waals surface area contributed by atoms with Crippen molar-refractivity contribution in [1.29, 1.82) is 5.26 Å². The molecule has 1 rings (SSSR count). The minimum absolute atomic E-state index is 0.463. The van der Waals surface area contributed by atoms with Crippen LogP contribution in [0.15, 0.2) is 18.2 Å². The molecule has 0 saturated heterocycles. The van der Waals surface area contributed by atoms with E-state index in [9.17, 15) is 5.11 Å². The van der Waals surface area contributed by atoms with Gasteiger partial charge in [-0.1, -0.05) is 0 Å². The van der Waals surface area contributed by atoms with Gasteiger partial charge in [-0.05, 0) is 39.2 Å². The van der Waals surface area contributed by atoms with Gasteiger partial charge < -0.3 is 20.1 Å². The lowest BCUT2D eigenvalue weighted by atomic mass is 10.1. The van der Waals surface area contributed by atoms with Gasteiger partial charge in [0.1, 0.15) is 5.75 Å². The zero-order chi connectivity index (χ0) is 15.2. The van der Waals surface area contributed by atoms with Crippen molar-refractivity contribution in [2.45, 2.75) is 19.1 Å². The number of hydrogen-bond acceptors (Lipinski definition) is 5. The summed E-state index contributed by atoms with van der Waals surface area (Å²) < 4.78 is 5.27. The number of benzene rings is 1. The van der Waals surface area contributed by atoms with Crippen LogP contribution < -0.4 is 10.1 Å². The second kappa shape index (κ2) is 7.25. The van der Waals surface area contributed by atoms with Crippen LogP contribution >= 0.6 is 0 Å². The third-order valence-corrected chi connectivity index (χ3v) is 2.89. The van der Waals surface area contributed by atoms with Gasteiger partial charge in [-0.25, -0.2) is 0 Å². The van der Waals surface area contributed by atoms with Crippen LogP contribution in [0.1, 0.15) is 18.1 Å². The maximum absolute atomic E-state index is 10.2. The van der Waals surface area contributed by atoms with Gasteiger partial charge in [0.2, 0.25) is 0 Å². The minimum Gasteiger partial charge on any atom is -0.496 e. The molecule has 0 radical (unpaired) electrons. The number of methoxy groups -OCH3 is 1. The van der Waals surface area contributed by atoms with E-state index in [1.165, 1.54) is 0 Å². The quantitative estimate of drug-likeness (QED) is 0.777. The molecular formula is C15H23N3O2. The maximum atomic E-state index is 10.2. The van der Waals surface area contributed by atoms with Crippen LogP contribution in [0.5, 0.6) is 5.75 Å². The number of hydrogen-bond donors (Lipinski definition) is 2. The summed E-state index contributed by atoms with van der Waals surface area (Å²) in [4.78, 5) is 1.94. The molecule has 0 saturated carbocycles. The topological polar surface area (TPSA) is 68.5 Å². The van der Waals surface area contributed by atoms with Crippen molar-refractivity contribution >= 4 is 0 Å². The Morgan fingerprint density at radius 3 is 2.70 bits per heavy atom. The second-order valence-electron chi connectivity index (χ2n) is 5.48. The monoisotopic (exact) mass is 277 g/mol. The summed E-state index contributed by atoms with van der Waals surface area (Å²) in [7, 11) is 5.45. The fourth-order valence-electron chi connectivity index (χ4n) is 2.19. The zero-order valence-corrected chi connectivity index (χ0v) is 12.6. The number of nitriles is 1. The van der Waals surface area contributed by atoms with Crippen LogP contribution in [-0.2, 0) is 6.54 Å². The van der Waals surface area contributed by atoms with Gasteiger partial charge >= 0.3 is 0 Å². The highest BCUT2D eigenvalue weighted by Crippen LogP contribution is 2.19. The lowest BCUT2D eigenvalue weighted by molar-refractivity contribution is 0.0335. The highest BCUT2D eigenvalue weighted by Gasteiger charge is 2.20. The Hall–Kier alpha value is -1.61. The first kappa shape index (κ1) is 16.4. The number of likely N-dealkylation sites (N-methyl/N-ethyl adjacent to an activating group) is 1. The van der Waals surface area contributed by atoms with Gasteiger partial charge in [0.05, 0.1) is 24.3 Å². The minimum atomic E-state index is -0.802. The standard InChI is InChI=1S/C15H23N3O2/c1-15(19,11-18(2)3)10-17-9-13-7-12(8-16)5-6-14(13)20-4/h5-7,17,19H,9-11H2,1-4H3. The van der Waals surface area contributed by atoms with E-state index in [0.717, 1.165) is 11.3 Å². The van der Waals surface area contributed by atoms with Gasteiger partial charge in [0.15, 0.2) is 0 Å². The molecule has 0 heterocycles. The van der Waals surface area contributed by atoms with Crippen LogP contribution in [0.3, 0.4) is 0 Å². The third kappa shape index (κ3) is 5.17. The van der Waals surface area contributed by atoms with Gasteiger partial charge in [0.25, 0.3) is 0 Å². The van der Waals surface area contributed by atoms with Gasteiger partial charge in [-0.3, -0.25) is 0 Å². The normalized spacial score (nSPS) is 13.8. The van der Waals surface area contributed by atoms with E-state index in [-0.39, 0.29) is 0 Å². The first-order chi connectivity index (χ1) is 9.38. The zero-order valence-electron chi connectivity index (χ0n) is 12.6. The smallest absolute Gasteiger partial charge is 0.123 e. The Bertz CT molecular complexity index is 478. The Morgan fingerprint density at radius 2 is 2.15 bits per heavy atom. The fraction of sp³-hybridized carbons (Fsp3) is 0.533. The Kier molecular flexibility index (Phi) is 5.96. The summed E-state index contributed by atoms with van der Waals surface area (Å²) in [6, 6.07) is 7.42. The molecule has 0 spiro atoms. The van der Waals surface area contributed by atoms with Gasteiger partial charge in [0, 0.05) is 25.2 Å². The first-order valence-electron chi connectivity index (χ1n) is 6.53. The molecule has 1 unspecified atom stereocenters. The Labute approximate surface area is 120 Å². The Balaban J connectivity index is 2.63. The van der Waals surface area contributed by atoms with Gasteiger partial charge in [-0.2, -0.15) is 5.26 Å². The maximum Gasteiger partial charge on any atom is 0.123 e. The molecule has 0 fully saturated rings. The van der Waals surface area contributed by atoms with Crippen LogP contribution in [0.2, 0.25) is 0 Å². The molecule has 0 aliphatic heterocycles. The van der Waals surface area contributed by atoms with Crippen molar-refractivity contribution < 1.29 is 9.84 Å². The SMILES string of the molecule is COc1ccc(C#N)cc1CNCC(C)(O)CN(C)C. The van der Waals surface area contributed by atoms with Crippen molar-refractivity contribution in [2.24, 2.45) is 0 Å². The molecule has 1 atom stereocenters. The molecule has 5 heteroatoms.